The number of imidazole rings is 1. The Balaban J connectivity index is 1.92. The van der Waals surface area contributed by atoms with Crippen LogP contribution in [0.15, 0.2) is 34.3 Å². The van der Waals surface area contributed by atoms with Gasteiger partial charge in [-0.25, -0.2) is 18.5 Å². The van der Waals surface area contributed by atoms with Crippen LogP contribution in [0.4, 0.5) is 0 Å². The first-order valence-corrected chi connectivity index (χ1v) is 11.5. The van der Waals surface area contributed by atoms with Crippen molar-refractivity contribution in [3.63, 3.8) is 0 Å². The van der Waals surface area contributed by atoms with Crippen LogP contribution in [-0.4, -0.2) is 34.1 Å². The molecule has 2 heterocycles. The number of aryl methyl sites for hydroxylation is 2. The molecule has 0 atom stereocenters. The number of primary sulfonamides is 1. The van der Waals surface area contributed by atoms with Gasteiger partial charge < -0.3 is 9.13 Å². The third kappa shape index (κ3) is 3.87. The van der Waals surface area contributed by atoms with E-state index in [-0.39, 0.29) is 16.4 Å². The maximum Gasteiger partial charge on any atom is 0.238 e. The molecule has 28 heavy (non-hydrogen) atoms. The predicted octanol–water partition coefficient (Wildman–Crippen LogP) is 3.02. The summed E-state index contributed by atoms with van der Waals surface area (Å²) in [4.78, 5) is 17.3. The molecule has 9 heteroatoms. The van der Waals surface area contributed by atoms with E-state index in [4.69, 9.17) is 5.14 Å². The van der Waals surface area contributed by atoms with Gasteiger partial charge in [0.25, 0.3) is 0 Å². The first-order valence-electron chi connectivity index (χ1n) is 8.95. The second-order valence-electron chi connectivity index (χ2n) is 6.80. The minimum absolute atomic E-state index is 0.0316. The number of hydrogen-bond donors (Lipinski definition) is 1. The summed E-state index contributed by atoms with van der Waals surface area (Å²) >= 11 is 1.37. The van der Waals surface area contributed by atoms with Crippen LogP contribution in [0.2, 0.25) is 0 Å². The van der Waals surface area contributed by atoms with Crippen molar-refractivity contribution in [1.29, 1.82) is 0 Å². The van der Waals surface area contributed by atoms with Gasteiger partial charge in [0.05, 0.1) is 21.7 Å². The molecule has 0 unspecified atom stereocenters. The van der Waals surface area contributed by atoms with Gasteiger partial charge >= 0.3 is 0 Å². The molecule has 0 saturated carbocycles. The molecule has 0 radical (unpaired) electrons. The number of carbonyl (C=O) groups excluding carboxylic acids is 1. The Bertz CT molecular complexity index is 1160. The molecule has 0 spiro atoms. The second-order valence-corrected chi connectivity index (χ2v) is 9.30. The van der Waals surface area contributed by atoms with Crippen LogP contribution < -0.4 is 5.14 Å². The summed E-state index contributed by atoms with van der Waals surface area (Å²) < 4.78 is 27.3. The Morgan fingerprint density at radius 2 is 1.96 bits per heavy atom. The van der Waals surface area contributed by atoms with Crippen LogP contribution in [0.1, 0.15) is 35.1 Å². The summed E-state index contributed by atoms with van der Waals surface area (Å²) in [7, 11) is -1.85. The Morgan fingerprint density at radius 1 is 1.25 bits per heavy atom. The molecule has 3 aromatic rings. The van der Waals surface area contributed by atoms with Gasteiger partial charge in [-0.3, -0.25) is 4.79 Å². The highest BCUT2D eigenvalue weighted by atomic mass is 32.2. The molecule has 2 aromatic heterocycles. The average molecular weight is 421 g/mol. The number of thioether (sulfide) groups is 1. The number of nitrogens with zero attached hydrogens (tertiary/aromatic N) is 3. The largest absolute Gasteiger partial charge is 0.351 e. The highest BCUT2D eigenvalue weighted by Gasteiger charge is 2.18. The van der Waals surface area contributed by atoms with Gasteiger partial charge in [-0.2, -0.15) is 0 Å². The molecule has 7 nitrogen and oxygen atoms in total. The first-order chi connectivity index (χ1) is 13.1. The lowest BCUT2D eigenvalue weighted by Gasteiger charge is -2.07. The van der Waals surface area contributed by atoms with E-state index in [1.165, 1.54) is 23.9 Å². The minimum atomic E-state index is -3.79. The summed E-state index contributed by atoms with van der Waals surface area (Å²) in [6.07, 6.45) is 0.890. The molecule has 2 N–H and O–H groups in total. The Labute approximate surface area is 169 Å². The fourth-order valence-electron chi connectivity index (χ4n) is 3.16. The number of aromatic nitrogens is 3. The number of nitrogens with two attached hydrogens (primary N) is 1. The van der Waals surface area contributed by atoms with Crippen LogP contribution in [0.3, 0.4) is 0 Å². The zero-order valence-electron chi connectivity index (χ0n) is 16.4. The quantitative estimate of drug-likeness (QED) is 0.468. The van der Waals surface area contributed by atoms with Gasteiger partial charge in [-0.15, -0.1) is 0 Å². The SMILES string of the molecule is CCCn1c(SCC(=O)c2cc(C)n(C)c2C)nc2cc(S(N)(=O)=O)ccc21. The van der Waals surface area contributed by atoms with Crippen molar-refractivity contribution < 1.29 is 13.2 Å². The summed E-state index contributed by atoms with van der Waals surface area (Å²) in [6, 6.07) is 6.59. The Kier molecular flexibility index (Phi) is 5.69. The van der Waals surface area contributed by atoms with E-state index in [1.54, 1.807) is 6.07 Å². The summed E-state index contributed by atoms with van der Waals surface area (Å²) in [6.45, 7) is 6.69. The van der Waals surface area contributed by atoms with E-state index in [0.717, 1.165) is 35.4 Å². The standard InChI is InChI=1S/C19H24N4O3S2/c1-5-8-23-17-7-6-14(28(20,25)26)10-16(17)21-19(23)27-11-18(24)15-9-12(2)22(4)13(15)3/h6-7,9-10H,5,8,11H2,1-4H3,(H2,20,25,26). The van der Waals surface area contributed by atoms with Crippen LogP contribution in [-0.2, 0) is 23.6 Å². The van der Waals surface area contributed by atoms with Crippen molar-refractivity contribution in [2.75, 3.05) is 5.75 Å². The number of rotatable bonds is 7. The predicted molar refractivity (Wildman–Crippen MR) is 111 cm³/mol. The third-order valence-corrected chi connectivity index (χ3v) is 6.76. The number of carbonyl (C=O) groups is 1. The molecule has 0 saturated heterocycles. The highest BCUT2D eigenvalue weighted by molar-refractivity contribution is 7.99. The number of benzene rings is 1. The summed E-state index contributed by atoms with van der Waals surface area (Å²) in [5, 5.41) is 5.92. The van der Waals surface area contributed by atoms with Crippen molar-refractivity contribution in [3.05, 3.63) is 41.2 Å². The zero-order chi connectivity index (χ0) is 20.6. The van der Waals surface area contributed by atoms with E-state index in [2.05, 4.69) is 11.9 Å². The Morgan fingerprint density at radius 3 is 2.54 bits per heavy atom. The van der Waals surface area contributed by atoms with Crippen molar-refractivity contribution >= 4 is 38.6 Å². The zero-order valence-corrected chi connectivity index (χ0v) is 18.0. The van der Waals surface area contributed by atoms with E-state index in [0.29, 0.717) is 10.7 Å². The molecular formula is C19H24N4O3S2. The number of sulfonamides is 1. The van der Waals surface area contributed by atoms with E-state index in [9.17, 15) is 13.2 Å². The van der Waals surface area contributed by atoms with Crippen molar-refractivity contribution in [2.24, 2.45) is 12.2 Å². The third-order valence-electron chi connectivity index (χ3n) is 4.87. The van der Waals surface area contributed by atoms with Gasteiger partial charge in [0.1, 0.15) is 0 Å². The molecule has 1 aromatic carbocycles. The first kappa shape index (κ1) is 20.6. The van der Waals surface area contributed by atoms with Gasteiger partial charge in [0.15, 0.2) is 10.9 Å². The lowest BCUT2D eigenvalue weighted by atomic mass is 10.2. The van der Waals surface area contributed by atoms with Crippen molar-refractivity contribution in [1.82, 2.24) is 14.1 Å². The number of Topliss-reactive ketones (excluding diaryl/α,β-unsaturated/α-hetero) is 1. The Hall–Kier alpha value is -2.10. The second kappa shape index (κ2) is 7.73. The van der Waals surface area contributed by atoms with Crippen LogP contribution in [0.5, 0.6) is 0 Å². The molecule has 0 aliphatic carbocycles. The van der Waals surface area contributed by atoms with Crippen LogP contribution in [0.25, 0.3) is 11.0 Å². The summed E-state index contributed by atoms with van der Waals surface area (Å²) in [5.41, 5.74) is 4.10. The lowest BCUT2D eigenvalue weighted by molar-refractivity contribution is 0.102. The van der Waals surface area contributed by atoms with Crippen LogP contribution >= 0.6 is 11.8 Å². The van der Waals surface area contributed by atoms with Gasteiger partial charge in [0, 0.05) is 30.5 Å². The molecule has 150 valence electrons. The molecule has 0 bridgehead atoms. The fraction of sp³-hybridized carbons (Fsp3) is 0.368. The van der Waals surface area contributed by atoms with E-state index in [1.807, 2.05) is 36.1 Å². The maximum absolute atomic E-state index is 12.7. The smallest absolute Gasteiger partial charge is 0.238 e. The molecule has 0 aliphatic rings. The molecular weight excluding hydrogens is 396 g/mol. The monoisotopic (exact) mass is 420 g/mol. The molecule has 3 rings (SSSR count). The van der Waals surface area contributed by atoms with Crippen LogP contribution in [0, 0.1) is 13.8 Å². The van der Waals surface area contributed by atoms with E-state index >= 15 is 0 Å². The molecule has 0 aliphatic heterocycles. The highest BCUT2D eigenvalue weighted by Crippen LogP contribution is 2.27. The molecule has 0 fully saturated rings. The minimum Gasteiger partial charge on any atom is -0.351 e. The number of hydrogen-bond acceptors (Lipinski definition) is 5. The lowest BCUT2D eigenvalue weighted by Crippen LogP contribution is -2.11. The fourth-order valence-corrected chi connectivity index (χ4v) is 4.62. The van der Waals surface area contributed by atoms with Crippen molar-refractivity contribution in [2.45, 2.75) is 43.8 Å². The molecule has 0 amide bonds. The topological polar surface area (TPSA) is 100.0 Å². The number of ketones is 1. The van der Waals surface area contributed by atoms with Gasteiger partial charge in [0.2, 0.25) is 10.0 Å². The van der Waals surface area contributed by atoms with Gasteiger partial charge in [-0.05, 0) is 44.5 Å². The maximum atomic E-state index is 12.7. The van der Waals surface area contributed by atoms with E-state index < -0.39 is 10.0 Å². The summed E-state index contributed by atoms with van der Waals surface area (Å²) in [5.74, 6) is 0.311. The van der Waals surface area contributed by atoms with Crippen molar-refractivity contribution in [3.8, 4) is 0 Å². The number of fused-ring (bicyclic) bond motifs is 1. The normalized spacial score (nSPS) is 12.0. The van der Waals surface area contributed by atoms with Gasteiger partial charge in [-0.1, -0.05) is 18.7 Å². The average Bonchev–Trinajstić information content (AvgIpc) is 3.11.